The Balaban J connectivity index is 1.29. The number of carbonyl (C=O) groups is 1. The van der Waals surface area contributed by atoms with E-state index in [9.17, 15) is 4.79 Å². The molecule has 0 atom stereocenters. The number of anilines is 1. The van der Waals surface area contributed by atoms with E-state index in [0.29, 0.717) is 17.3 Å². The highest BCUT2D eigenvalue weighted by atomic mass is 79.9. The van der Waals surface area contributed by atoms with Crippen LogP contribution in [0.25, 0.3) is 10.8 Å². The lowest BCUT2D eigenvalue weighted by molar-refractivity contribution is -0.117. The third kappa shape index (κ3) is 5.17. The molecule has 3 aromatic rings. The molecule has 1 aliphatic rings. The van der Waals surface area contributed by atoms with Crippen molar-refractivity contribution in [2.45, 2.75) is 6.54 Å². The van der Waals surface area contributed by atoms with Crippen LogP contribution in [0.3, 0.4) is 0 Å². The highest BCUT2D eigenvalue weighted by Crippen LogP contribution is 2.25. The van der Waals surface area contributed by atoms with Crippen molar-refractivity contribution in [1.82, 2.24) is 9.80 Å². The molecule has 1 amide bonds. The van der Waals surface area contributed by atoms with Crippen molar-refractivity contribution in [2.24, 2.45) is 0 Å². The second-order valence-electron chi connectivity index (χ2n) is 7.36. The molecule has 0 saturated carbocycles. The molecule has 150 valence electrons. The molecule has 1 heterocycles. The summed E-state index contributed by atoms with van der Waals surface area (Å²) < 4.78 is 0.891. The number of rotatable bonds is 5. The van der Waals surface area contributed by atoms with Crippen LogP contribution in [0.1, 0.15) is 5.56 Å². The van der Waals surface area contributed by atoms with E-state index in [2.05, 4.69) is 73.5 Å². The maximum atomic E-state index is 12.4. The van der Waals surface area contributed by atoms with Crippen molar-refractivity contribution < 1.29 is 4.79 Å². The average molecular weight is 473 g/mol. The Morgan fingerprint density at radius 3 is 2.48 bits per heavy atom. The molecule has 1 saturated heterocycles. The van der Waals surface area contributed by atoms with Crippen molar-refractivity contribution in [3.8, 4) is 0 Å². The van der Waals surface area contributed by atoms with Crippen LogP contribution in [0.2, 0.25) is 5.02 Å². The monoisotopic (exact) mass is 471 g/mol. The summed E-state index contributed by atoms with van der Waals surface area (Å²) in [4.78, 5) is 17.1. The topological polar surface area (TPSA) is 35.6 Å². The normalized spacial score (nSPS) is 15.5. The van der Waals surface area contributed by atoms with Crippen LogP contribution in [0.15, 0.2) is 65.1 Å². The number of hydrogen-bond donors (Lipinski definition) is 1. The first-order chi connectivity index (χ1) is 14.1. The summed E-state index contributed by atoms with van der Waals surface area (Å²) in [6, 6.07) is 20.5. The van der Waals surface area contributed by atoms with Crippen LogP contribution in [-0.2, 0) is 11.3 Å². The summed E-state index contributed by atoms with van der Waals surface area (Å²) in [6.45, 7) is 4.99. The number of benzene rings is 3. The van der Waals surface area contributed by atoms with E-state index in [1.807, 2.05) is 12.1 Å². The lowest BCUT2D eigenvalue weighted by Gasteiger charge is -2.34. The van der Waals surface area contributed by atoms with Crippen molar-refractivity contribution >= 4 is 49.9 Å². The van der Waals surface area contributed by atoms with Gasteiger partial charge in [0.25, 0.3) is 0 Å². The smallest absolute Gasteiger partial charge is 0.238 e. The summed E-state index contributed by atoms with van der Waals surface area (Å²) in [5.41, 5.74) is 2.01. The van der Waals surface area contributed by atoms with Gasteiger partial charge in [0.2, 0.25) is 5.91 Å². The van der Waals surface area contributed by atoms with Gasteiger partial charge in [0.15, 0.2) is 0 Å². The zero-order valence-electron chi connectivity index (χ0n) is 16.1. The van der Waals surface area contributed by atoms with Crippen molar-refractivity contribution in [3.63, 3.8) is 0 Å². The van der Waals surface area contributed by atoms with Crippen LogP contribution < -0.4 is 5.32 Å². The number of hydrogen-bond acceptors (Lipinski definition) is 3. The molecule has 1 aliphatic heterocycles. The minimum atomic E-state index is -0.0308. The number of carbonyl (C=O) groups excluding carboxylic acids is 1. The Morgan fingerprint density at radius 2 is 1.69 bits per heavy atom. The van der Waals surface area contributed by atoms with Gasteiger partial charge in [-0.25, -0.2) is 0 Å². The third-order valence-corrected chi connectivity index (χ3v) is 6.12. The van der Waals surface area contributed by atoms with Gasteiger partial charge < -0.3 is 5.32 Å². The van der Waals surface area contributed by atoms with Gasteiger partial charge in [-0.3, -0.25) is 14.6 Å². The standard InChI is InChI=1S/C23H23BrClN3O/c24-19-8-9-22(21(25)14-19)26-23(29)16-28-12-10-27(11-13-28)15-18-6-3-5-17-4-1-2-7-20(17)18/h1-9,14H,10-13,15-16H2,(H,26,29). The Bertz CT molecular complexity index is 1010. The molecule has 0 spiro atoms. The lowest BCUT2D eigenvalue weighted by atomic mass is 10.0. The fourth-order valence-corrected chi connectivity index (χ4v) is 4.48. The lowest BCUT2D eigenvalue weighted by Crippen LogP contribution is -2.48. The zero-order chi connectivity index (χ0) is 20.2. The van der Waals surface area contributed by atoms with E-state index >= 15 is 0 Å². The summed E-state index contributed by atoms with van der Waals surface area (Å²) in [5.74, 6) is -0.0308. The van der Waals surface area contributed by atoms with Gasteiger partial charge >= 0.3 is 0 Å². The van der Waals surface area contributed by atoms with Crippen molar-refractivity contribution in [3.05, 3.63) is 75.7 Å². The van der Waals surface area contributed by atoms with Crippen LogP contribution in [0.4, 0.5) is 5.69 Å². The van der Waals surface area contributed by atoms with Crippen LogP contribution in [-0.4, -0.2) is 48.4 Å². The molecule has 0 aliphatic carbocycles. The fraction of sp³-hybridized carbons (Fsp3) is 0.261. The molecular weight excluding hydrogens is 450 g/mol. The molecule has 0 radical (unpaired) electrons. The highest BCUT2D eigenvalue weighted by molar-refractivity contribution is 9.10. The van der Waals surface area contributed by atoms with Gasteiger partial charge in [-0.05, 0) is 34.5 Å². The minimum Gasteiger partial charge on any atom is -0.324 e. The summed E-state index contributed by atoms with van der Waals surface area (Å²) in [7, 11) is 0. The molecule has 4 rings (SSSR count). The van der Waals surface area contributed by atoms with Crippen LogP contribution in [0, 0.1) is 0 Å². The van der Waals surface area contributed by atoms with E-state index in [4.69, 9.17) is 11.6 Å². The molecule has 1 fully saturated rings. The Morgan fingerprint density at radius 1 is 0.966 bits per heavy atom. The second kappa shape index (κ2) is 9.26. The van der Waals surface area contributed by atoms with Gasteiger partial charge in [-0.2, -0.15) is 0 Å². The van der Waals surface area contributed by atoms with E-state index in [1.165, 1.54) is 16.3 Å². The fourth-order valence-electron chi connectivity index (χ4n) is 3.76. The maximum Gasteiger partial charge on any atom is 0.238 e. The zero-order valence-corrected chi connectivity index (χ0v) is 18.4. The first kappa shape index (κ1) is 20.4. The van der Waals surface area contributed by atoms with Gasteiger partial charge in [-0.15, -0.1) is 0 Å². The maximum absolute atomic E-state index is 12.4. The SMILES string of the molecule is O=C(CN1CCN(Cc2cccc3ccccc23)CC1)Nc1ccc(Br)cc1Cl. The molecule has 29 heavy (non-hydrogen) atoms. The number of fused-ring (bicyclic) bond motifs is 1. The van der Waals surface area contributed by atoms with Gasteiger partial charge in [0, 0.05) is 37.2 Å². The number of nitrogens with zero attached hydrogens (tertiary/aromatic N) is 2. The Labute approximate surface area is 184 Å². The average Bonchev–Trinajstić information content (AvgIpc) is 2.72. The molecular formula is C23H23BrClN3O. The Kier molecular flexibility index (Phi) is 6.50. The first-order valence-corrected chi connectivity index (χ1v) is 10.9. The molecule has 0 bridgehead atoms. The minimum absolute atomic E-state index is 0.0308. The molecule has 1 N–H and O–H groups in total. The quantitative estimate of drug-likeness (QED) is 0.567. The van der Waals surface area contributed by atoms with Crippen LogP contribution >= 0.6 is 27.5 Å². The number of amides is 1. The van der Waals surface area contributed by atoms with E-state index in [0.717, 1.165) is 37.2 Å². The van der Waals surface area contributed by atoms with Crippen molar-refractivity contribution in [1.29, 1.82) is 0 Å². The van der Waals surface area contributed by atoms with Gasteiger partial charge in [-0.1, -0.05) is 70.0 Å². The van der Waals surface area contributed by atoms with Gasteiger partial charge in [0.1, 0.15) is 0 Å². The van der Waals surface area contributed by atoms with Crippen LogP contribution in [0.5, 0.6) is 0 Å². The Hall–Kier alpha value is -1.92. The largest absolute Gasteiger partial charge is 0.324 e. The predicted molar refractivity (Wildman–Crippen MR) is 123 cm³/mol. The number of nitrogens with one attached hydrogen (secondary N) is 1. The predicted octanol–water partition coefficient (Wildman–Crippen LogP) is 5.01. The summed E-state index contributed by atoms with van der Waals surface area (Å²) >= 11 is 9.56. The van der Waals surface area contributed by atoms with E-state index < -0.39 is 0 Å². The third-order valence-electron chi connectivity index (χ3n) is 5.31. The summed E-state index contributed by atoms with van der Waals surface area (Å²) in [5, 5.41) is 6.05. The first-order valence-electron chi connectivity index (χ1n) is 9.75. The number of halogens is 2. The molecule has 0 aromatic heterocycles. The van der Waals surface area contributed by atoms with E-state index in [-0.39, 0.29) is 5.91 Å². The van der Waals surface area contributed by atoms with E-state index in [1.54, 1.807) is 6.07 Å². The second-order valence-corrected chi connectivity index (χ2v) is 8.69. The molecule has 4 nitrogen and oxygen atoms in total. The number of piperazine rings is 1. The summed E-state index contributed by atoms with van der Waals surface area (Å²) in [6.07, 6.45) is 0. The molecule has 3 aromatic carbocycles. The van der Waals surface area contributed by atoms with Crippen molar-refractivity contribution in [2.75, 3.05) is 38.0 Å². The molecule has 0 unspecified atom stereocenters. The highest BCUT2D eigenvalue weighted by Gasteiger charge is 2.20. The van der Waals surface area contributed by atoms with Gasteiger partial charge in [0.05, 0.1) is 17.3 Å². The molecule has 6 heteroatoms.